The highest BCUT2D eigenvalue weighted by molar-refractivity contribution is 5.78. The normalized spacial score (nSPS) is 9.52. The van der Waals surface area contributed by atoms with E-state index in [0.29, 0.717) is 18.3 Å². The molecule has 6 nitrogen and oxygen atoms in total. The minimum Gasteiger partial charge on any atom is -0.502 e. The minimum absolute atomic E-state index is 0.101. The van der Waals surface area contributed by atoms with Crippen LogP contribution < -0.4 is 9.47 Å². The highest BCUT2D eigenvalue weighted by Gasteiger charge is 2.10. The van der Waals surface area contributed by atoms with Crippen LogP contribution in [-0.4, -0.2) is 36.7 Å². The molecular weight excluding hydrogens is 300 g/mol. The van der Waals surface area contributed by atoms with Gasteiger partial charge in [0.05, 0.1) is 14.2 Å². The lowest BCUT2D eigenvalue weighted by Crippen LogP contribution is -1.93. The molecule has 0 fully saturated rings. The van der Waals surface area contributed by atoms with Crippen LogP contribution in [0, 0.1) is 0 Å². The van der Waals surface area contributed by atoms with Crippen molar-refractivity contribution in [2.24, 2.45) is 0 Å². The predicted molar refractivity (Wildman–Crippen MR) is 87.6 cm³/mol. The lowest BCUT2D eigenvalue weighted by atomic mass is 10.1. The molecule has 6 heteroatoms. The Morgan fingerprint density at radius 2 is 1.61 bits per heavy atom. The number of aldehydes is 1. The van der Waals surface area contributed by atoms with Crippen molar-refractivity contribution < 1.29 is 29.3 Å². The van der Waals surface area contributed by atoms with Gasteiger partial charge in [0.25, 0.3) is 0 Å². The van der Waals surface area contributed by atoms with E-state index < -0.39 is 5.97 Å². The SMILES string of the molecule is CCCCCCCC(=O)O.COc1cc(C=O)cc(OC)c1O. The van der Waals surface area contributed by atoms with Gasteiger partial charge in [0.15, 0.2) is 11.5 Å². The van der Waals surface area contributed by atoms with Gasteiger partial charge in [-0.3, -0.25) is 9.59 Å². The number of hydrogen-bond donors (Lipinski definition) is 2. The molecule has 2 N–H and O–H groups in total. The number of aromatic hydroxyl groups is 1. The summed E-state index contributed by atoms with van der Waals surface area (Å²) in [6.45, 7) is 2.15. The van der Waals surface area contributed by atoms with Gasteiger partial charge in [-0.05, 0) is 18.6 Å². The summed E-state index contributed by atoms with van der Waals surface area (Å²) in [6, 6.07) is 2.87. The van der Waals surface area contributed by atoms with Crippen LogP contribution in [0.3, 0.4) is 0 Å². The molecule has 0 aliphatic rings. The quantitative estimate of drug-likeness (QED) is 0.531. The van der Waals surface area contributed by atoms with Crippen molar-refractivity contribution in [2.75, 3.05) is 14.2 Å². The summed E-state index contributed by atoms with van der Waals surface area (Å²) in [6.07, 6.45) is 6.54. The standard InChI is InChI=1S/C9H10O4.C8H16O2/c1-12-7-3-6(5-10)4-8(13-2)9(7)11;1-2-3-4-5-6-7-8(9)10/h3-5,11H,1-2H3;2-7H2,1H3,(H,9,10). The third-order valence-corrected chi connectivity index (χ3v) is 3.13. The Morgan fingerprint density at radius 1 is 1.09 bits per heavy atom. The van der Waals surface area contributed by atoms with Gasteiger partial charge in [0.2, 0.25) is 5.75 Å². The Hall–Kier alpha value is -2.24. The summed E-state index contributed by atoms with van der Waals surface area (Å²) in [4.78, 5) is 20.5. The molecule has 0 heterocycles. The molecule has 1 aromatic carbocycles. The zero-order valence-electron chi connectivity index (χ0n) is 14.0. The highest BCUT2D eigenvalue weighted by atomic mass is 16.5. The fraction of sp³-hybridized carbons (Fsp3) is 0.529. The Morgan fingerprint density at radius 3 is 2.00 bits per heavy atom. The van der Waals surface area contributed by atoms with Crippen molar-refractivity contribution in [1.29, 1.82) is 0 Å². The Labute approximate surface area is 137 Å². The van der Waals surface area contributed by atoms with Gasteiger partial charge in [-0.15, -0.1) is 0 Å². The van der Waals surface area contributed by atoms with Crippen LogP contribution in [0.25, 0.3) is 0 Å². The third-order valence-electron chi connectivity index (χ3n) is 3.13. The third kappa shape index (κ3) is 8.70. The molecule has 0 amide bonds. The number of methoxy groups -OCH3 is 2. The van der Waals surface area contributed by atoms with E-state index in [0.717, 1.165) is 12.8 Å². The number of benzene rings is 1. The molecule has 23 heavy (non-hydrogen) atoms. The number of unbranched alkanes of at least 4 members (excludes halogenated alkanes) is 4. The summed E-state index contributed by atoms with van der Waals surface area (Å²) >= 11 is 0. The van der Waals surface area contributed by atoms with Gasteiger partial charge in [0, 0.05) is 12.0 Å². The van der Waals surface area contributed by atoms with E-state index in [-0.39, 0.29) is 17.2 Å². The van der Waals surface area contributed by atoms with Crippen LogP contribution in [0.4, 0.5) is 0 Å². The molecule has 0 radical (unpaired) electrons. The summed E-state index contributed by atoms with van der Waals surface area (Å²) in [7, 11) is 2.81. The van der Waals surface area contributed by atoms with E-state index in [4.69, 9.17) is 14.6 Å². The molecule has 0 aliphatic heterocycles. The van der Waals surface area contributed by atoms with Crippen LogP contribution in [0.1, 0.15) is 55.8 Å². The molecule has 0 aromatic heterocycles. The summed E-state index contributed by atoms with van der Waals surface area (Å²) in [5.41, 5.74) is 0.395. The first-order valence-corrected chi connectivity index (χ1v) is 7.62. The van der Waals surface area contributed by atoms with Crippen LogP contribution >= 0.6 is 0 Å². The van der Waals surface area contributed by atoms with Gasteiger partial charge < -0.3 is 19.7 Å². The van der Waals surface area contributed by atoms with E-state index in [9.17, 15) is 14.7 Å². The van der Waals surface area contributed by atoms with Gasteiger partial charge in [0.1, 0.15) is 6.29 Å². The Kier molecular flexibility index (Phi) is 11.1. The molecule has 0 spiro atoms. The zero-order chi connectivity index (χ0) is 17.7. The second-order valence-corrected chi connectivity index (χ2v) is 4.95. The molecule has 0 bridgehead atoms. The molecule has 0 atom stereocenters. The number of carboxylic acids is 1. The fourth-order valence-electron chi connectivity index (χ4n) is 1.86. The molecular formula is C17H26O6. The first-order chi connectivity index (χ1) is 11.0. The average molecular weight is 326 g/mol. The first kappa shape index (κ1) is 20.8. The van der Waals surface area contributed by atoms with Crippen LogP contribution in [0.2, 0.25) is 0 Å². The van der Waals surface area contributed by atoms with E-state index in [2.05, 4.69) is 6.92 Å². The number of carboxylic acid groups (broad SMARTS) is 1. The number of ether oxygens (including phenoxy) is 2. The van der Waals surface area contributed by atoms with Gasteiger partial charge >= 0.3 is 5.97 Å². The van der Waals surface area contributed by atoms with Crippen LogP contribution in [0.15, 0.2) is 12.1 Å². The van der Waals surface area contributed by atoms with E-state index in [1.807, 2.05) is 0 Å². The lowest BCUT2D eigenvalue weighted by molar-refractivity contribution is -0.137. The lowest BCUT2D eigenvalue weighted by Gasteiger charge is -2.08. The molecule has 0 saturated carbocycles. The fourth-order valence-corrected chi connectivity index (χ4v) is 1.86. The number of phenolic OH excluding ortho intramolecular Hbond substituents is 1. The molecule has 0 saturated heterocycles. The summed E-state index contributed by atoms with van der Waals surface area (Å²) in [5.74, 6) is -0.324. The number of rotatable bonds is 9. The Bertz CT molecular complexity index is 459. The molecule has 1 rings (SSSR count). The number of aliphatic carboxylic acids is 1. The second kappa shape index (κ2) is 12.3. The topological polar surface area (TPSA) is 93.1 Å². The first-order valence-electron chi connectivity index (χ1n) is 7.62. The zero-order valence-corrected chi connectivity index (χ0v) is 14.0. The molecule has 0 aliphatic carbocycles. The monoisotopic (exact) mass is 326 g/mol. The number of carbonyl (C=O) groups excluding carboxylic acids is 1. The summed E-state index contributed by atoms with van der Waals surface area (Å²) < 4.78 is 9.68. The average Bonchev–Trinajstić information content (AvgIpc) is 2.55. The number of phenols is 1. The highest BCUT2D eigenvalue weighted by Crippen LogP contribution is 2.36. The van der Waals surface area contributed by atoms with Gasteiger partial charge in [-0.2, -0.15) is 0 Å². The number of carbonyl (C=O) groups is 2. The maximum Gasteiger partial charge on any atom is 0.303 e. The van der Waals surface area contributed by atoms with Crippen molar-refractivity contribution in [3.05, 3.63) is 17.7 Å². The van der Waals surface area contributed by atoms with Crippen molar-refractivity contribution in [3.63, 3.8) is 0 Å². The minimum atomic E-state index is -0.670. The molecule has 1 aromatic rings. The second-order valence-electron chi connectivity index (χ2n) is 4.95. The van der Waals surface area contributed by atoms with Gasteiger partial charge in [-0.1, -0.05) is 32.6 Å². The summed E-state index contributed by atoms with van der Waals surface area (Å²) in [5, 5.41) is 17.7. The molecule has 0 unspecified atom stereocenters. The van der Waals surface area contributed by atoms with Crippen molar-refractivity contribution in [3.8, 4) is 17.2 Å². The van der Waals surface area contributed by atoms with Crippen molar-refractivity contribution in [1.82, 2.24) is 0 Å². The maximum absolute atomic E-state index is 10.5. The van der Waals surface area contributed by atoms with Crippen LogP contribution in [-0.2, 0) is 4.79 Å². The maximum atomic E-state index is 10.5. The van der Waals surface area contributed by atoms with E-state index in [1.165, 1.54) is 45.6 Å². The largest absolute Gasteiger partial charge is 0.502 e. The Balaban J connectivity index is 0.000000438. The van der Waals surface area contributed by atoms with Crippen LogP contribution in [0.5, 0.6) is 17.2 Å². The number of hydrogen-bond acceptors (Lipinski definition) is 5. The predicted octanol–water partition coefficient (Wildman–Crippen LogP) is 3.65. The van der Waals surface area contributed by atoms with Gasteiger partial charge in [-0.25, -0.2) is 0 Å². The smallest absolute Gasteiger partial charge is 0.303 e. The van der Waals surface area contributed by atoms with Crippen molar-refractivity contribution in [2.45, 2.75) is 45.4 Å². The van der Waals surface area contributed by atoms with E-state index >= 15 is 0 Å². The van der Waals surface area contributed by atoms with E-state index in [1.54, 1.807) is 0 Å². The molecule has 130 valence electrons. The van der Waals surface area contributed by atoms with Crippen molar-refractivity contribution >= 4 is 12.3 Å².